The van der Waals surface area contributed by atoms with Crippen molar-refractivity contribution in [3.63, 3.8) is 0 Å². The van der Waals surface area contributed by atoms with Gasteiger partial charge in [0.05, 0.1) is 0 Å². The Hall–Kier alpha value is -0.410. The van der Waals surface area contributed by atoms with Crippen molar-refractivity contribution in [1.82, 2.24) is 5.32 Å². The summed E-state index contributed by atoms with van der Waals surface area (Å²) in [5, 5.41) is 3.29. The van der Waals surface area contributed by atoms with Gasteiger partial charge in [0.2, 0.25) is 0 Å². The van der Waals surface area contributed by atoms with E-state index < -0.39 is 0 Å². The molecule has 3 heteroatoms. The van der Waals surface area contributed by atoms with Gasteiger partial charge in [-0.1, -0.05) is 61.4 Å². The third-order valence-corrected chi connectivity index (χ3v) is 4.25. The zero-order valence-corrected chi connectivity index (χ0v) is 13.6. The summed E-state index contributed by atoms with van der Waals surface area (Å²) in [7, 11) is 1.94. The number of hydrogen-bond donors (Lipinski definition) is 1. The van der Waals surface area contributed by atoms with Crippen molar-refractivity contribution in [2.45, 2.75) is 57.9 Å². The van der Waals surface area contributed by atoms with Gasteiger partial charge in [0.1, 0.15) is 5.82 Å². The Morgan fingerprint density at radius 1 is 1.16 bits per heavy atom. The molecule has 1 N–H and O–H groups in total. The van der Waals surface area contributed by atoms with Crippen LogP contribution in [0.4, 0.5) is 4.39 Å². The van der Waals surface area contributed by atoms with Gasteiger partial charge >= 0.3 is 0 Å². The fraction of sp³-hybridized carbons (Fsp3) is 0.625. The van der Waals surface area contributed by atoms with E-state index in [1.807, 2.05) is 7.05 Å². The van der Waals surface area contributed by atoms with Crippen LogP contribution in [0.15, 0.2) is 22.7 Å². The van der Waals surface area contributed by atoms with E-state index >= 15 is 0 Å². The number of nitrogens with one attached hydrogen (secondary N) is 1. The van der Waals surface area contributed by atoms with Gasteiger partial charge in [-0.2, -0.15) is 0 Å². The van der Waals surface area contributed by atoms with Crippen molar-refractivity contribution in [3.05, 3.63) is 34.1 Å². The second kappa shape index (κ2) is 9.49. The van der Waals surface area contributed by atoms with E-state index in [9.17, 15) is 4.39 Å². The molecule has 0 spiro atoms. The van der Waals surface area contributed by atoms with Crippen molar-refractivity contribution in [2.24, 2.45) is 0 Å². The molecule has 19 heavy (non-hydrogen) atoms. The van der Waals surface area contributed by atoms with Gasteiger partial charge in [-0.3, -0.25) is 0 Å². The molecule has 0 radical (unpaired) electrons. The van der Waals surface area contributed by atoms with Crippen LogP contribution >= 0.6 is 15.9 Å². The Morgan fingerprint density at radius 3 is 2.53 bits per heavy atom. The Labute approximate surface area is 125 Å². The smallest absolute Gasteiger partial charge is 0.123 e. The summed E-state index contributed by atoms with van der Waals surface area (Å²) in [6.45, 7) is 2.23. The number of rotatable bonds is 9. The average Bonchev–Trinajstić information content (AvgIpc) is 2.41. The lowest BCUT2D eigenvalue weighted by Crippen LogP contribution is -2.17. The minimum absolute atomic E-state index is 0.165. The summed E-state index contributed by atoms with van der Waals surface area (Å²) < 4.78 is 14.3. The van der Waals surface area contributed by atoms with Crippen molar-refractivity contribution < 1.29 is 4.39 Å². The maximum atomic E-state index is 13.3. The Balaban J connectivity index is 2.42. The van der Waals surface area contributed by atoms with Crippen molar-refractivity contribution in [1.29, 1.82) is 0 Å². The predicted molar refractivity (Wildman–Crippen MR) is 83.9 cm³/mol. The van der Waals surface area contributed by atoms with Gasteiger partial charge in [-0.25, -0.2) is 4.39 Å². The molecule has 0 aliphatic rings. The summed E-state index contributed by atoms with van der Waals surface area (Å²) in [5.74, 6) is -0.165. The fourth-order valence-corrected chi connectivity index (χ4v) is 2.89. The van der Waals surface area contributed by atoms with Crippen LogP contribution in [0.5, 0.6) is 0 Å². The van der Waals surface area contributed by atoms with E-state index in [1.54, 1.807) is 12.1 Å². The highest BCUT2D eigenvalue weighted by Gasteiger charge is 2.13. The normalized spacial score (nSPS) is 12.6. The van der Waals surface area contributed by atoms with E-state index in [0.717, 1.165) is 16.5 Å². The molecule has 0 fully saturated rings. The molecule has 0 saturated heterocycles. The molecule has 1 aromatic rings. The largest absolute Gasteiger partial charge is 0.313 e. The lowest BCUT2D eigenvalue weighted by Gasteiger charge is -2.18. The summed E-state index contributed by atoms with van der Waals surface area (Å²) in [6, 6.07) is 5.14. The third kappa shape index (κ3) is 6.05. The Morgan fingerprint density at radius 2 is 1.84 bits per heavy atom. The molecule has 1 aromatic carbocycles. The van der Waals surface area contributed by atoms with Crippen LogP contribution in [0, 0.1) is 5.82 Å². The number of halogens is 2. The Bertz CT molecular complexity index is 368. The highest BCUT2D eigenvalue weighted by molar-refractivity contribution is 9.10. The molecular weight excluding hydrogens is 305 g/mol. The number of unbranched alkanes of at least 4 members (excludes halogenated alkanes) is 5. The molecular formula is C16H25BrFN. The van der Waals surface area contributed by atoms with Gasteiger partial charge < -0.3 is 5.32 Å². The van der Waals surface area contributed by atoms with Crippen LogP contribution in [0.25, 0.3) is 0 Å². The van der Waals surface area contributed by atoms with Gasteiger partial charge in [-0.15, -0.1) is 0 Å². The molecule has 108 valence electrons. The first-order valence-electron chi connectivity index (χ1n) is 7.31. The summed E-state index contributed by atoms with van der Waals surface area (Å²) in [5.41, 5.74) is 1.02. The third-order valence-electron chi connectivity index (χ3n) is 3.53. The van der Waals surface area contributed by atoms with Crippen molar-refractivity contribution >= 4 is 15.9 Å². The molecule has 0 aliphatic heterocycles. The topological polar surface area (TPSA) is 12.0 Å². The van der Waals surface area contributed by atoms with E-state index in [1.165, 1.54) is 44.6 Å². The second-order valence-corrected chi connectivity index (χ2v) is 5.92. The summed E-state index contributed by atoms with van der Waals surface area (Å²) in [4.78, 5) is 0. The first-order chi connectivity index (χ1) is 9.19. The molecule has 0 aromatic heterocycles. The van der Waals surface area contributed by atoms with Gasteiger partial charge in [-0.05, 0) is 37.2 Å². The van der Waals surface area contributed by atoms with Crippen molar-refractivity contribution in [3.8, 4) is 0 Å². The first kappa shape index (κ1) is 16.6. The standard InChI is InChI=1S/C16H25BrFN/c1-3-4-5-6-7-8-9-16(19-2)14-12-13(18)10-11-15(14)17/h10-12,16,19H,3-9H2,1-2H3. The molecule has 0 aliphatic carbocycles. The zero-order valence-electron chi connectivity index (χ0n) is 12.0. The lowest BCUT2D eigenvalue weighted by atomic mass is 9.99. The van der Waals surface area contributed by atoms with Gasteiger partial charge in [0, 0.05) is 10.5 Å². The quantitative estimate of drug-likeness (QED) is 0.581. The highest BCUT2D eigenvalue weighted by atomic mass is 79.9. The minimum atomic E-state index is -0.165. The molecule has 0 bridgehead atoms. The number of hydrogen-bond acceptors (Lipinski definition) is 1. The lowest BCUT2D eigenvalue weighted by molar-refractivity contribution is 0.493. The molecule has 1 atom stereocenters. The van der Waals surface area contributed by atoms with Crippen LogP contribution in [-0.2, 0) is 0 Å². The van der Waals surface area contributed by atoms with Crippen molar-refractivity contribution in [2.75, 3.05) is 7.05 Å². The summed E-state index contributed by atoms with van der Waals surface area (Å²) >= 11 is 3.51. The minimum Gasteiger partial charge on any atom is -0.313 e. The summed E-state index contributed by atoms with van der Waals surface area (Å²) in [6.07, 6.45) is 8.80. The van der Waals surface area contributed by atoms with Crippen LogP contribution < -0.4 is 5.32 Å². The first-order valence-corrected chi connectivity index (χ1v) is 8.10. The molecule has 0 saturated carbocycles. The van der Waals surface area contributed by atoms with Crippen LogP contribution in [0.3, 0.4) is 0 Å². The molecule has 0 amide bonds. The van der Waals surface area contributed by atoms with E-state index in [-0.39, 0.29) is 11.9 Å². The van der Waals surface area contributed by atoms with E-state index in [2.05, 4.69) is 28.2 Å². The van der Waals surface area contributed by atoms with Crippen LogP contribution in [0.1, 0.15) is 63.5 Å². The Kier molecular flexibility index (Phi) is 8.31. The average molecular weight is 330 g/mol. The maximum absolute atomic E-state index is 13.3. The monoisotopic (exact) mass is 329 g/mol. The molecule has 0 heterocycles. The van der Waals surface area contributed by atoms with E-state index in [0.29, 0.717) is 0 Å². The molecule has 1 unspecified atom stereocenters. The van der Waals surface area contributed by atoms with Crippen LogP contribution in [-0.4, -0.2) is 7.05 Å². The molecule has 1 nitrogen and oxygen atoms in total. The van der Waals surface area contributed by atoms with E-state index in [4.69, 9.17) is 0 Å². The van der Waals surface area contributed by atoms with Crippen LogP contribution in [0.2, 0.25) is 0 Å². The fourth-order valence-electron chi connectivity index (χ4n) is 2.37. The highest BCUT2D eigenvalue weighted by Crippen LogP contribution is 2.27. The van der Waals surface area contributed by atoms with Gasteiger partial charge in [0.25, 0.3) is 0 Å². The predicted octanol–water partition coefficient (Wildman–Crippen LogP) is 5.60. The van der Waals surface area contributed by atoms with Gasteiger partial charge in [0.15, 0.2) is 0 Å². The SMILES string of the molecule is CCCCCCCCC(NC)c1cc(F)ccc1Br. The zero-order chi connectivity index (χ0) is 14.1. The molecule has 1 rings (SSSR count). The number of benzene rings is 1. The maximum Gasteiger partial charge on any atom is 0.123 e. The second-order valence-electron chi connectivity index (χ2n) is 5.06.